The van der Waals surface area contributed by atoms with Gasteiger partial charge in [-0.25, -0.2) is 13.6 Å². The molecule has 0 saturated carbocycles. The molecule has 1 N–H and O–H groups in total. The first kappa shape index (κ1) is 16.0. The van der Waals surface area contributed by atoms with Crippen molar-refractivity contribution < 1.29 is 28.0 Å². The van der Waals surface area contributed by atoms with Crippen molar-refractivity contribution in [3.8, 4) is 0 Å². The van der Waals surface area contributed by atoms with Gasteiger partial charge < -0.3 is 14.4 Å². The smallest absolute Gasteiger partial charge is 0.464 e. The molecule has 0 bridgehead atoms. The summed E-state index contributed by atoms with van der Waals surface area (Å²) in [7, 11) is -0.913. The third-order valence-electron chi connectivity index (χ3n) is 4.56. The van der Waals surface area contributed by atoms with Crippen molar-refractivity contribution in [2.45, 2.75) is 38.9 Å². The first-order valence-corrected chi connectivity index (χ1v) is 7.12. The standard InChI is InChI=1S/C15H16BF2NO4/c1-14(2)15(3,4)23-16(22-14)10-7-19(13(20)21)12-9(10)5-8(17)6-11(12)18/h5-7H,1-4H3,(H,20,21). The Labute approximate surface area is 131 Å². The normalized spacial score (nSPS) is 19.5. The van der Waals surface area contributed by atoms with Gasteiger partial charge in [0.2, 0.25) is 0 Å². The quantitative estimate of drug-likeness (QED) is 0.820. The molecule has 3 rings (SSSR count). The Morgan fingerprint density at radius 1 is 1.17 bits per heavy atom. The number of aromatic nitrogens is 1. The summed E-state index contributed by atoms with van der Waals surface area (Å²) in [5, 5.41) is 9.37. The van der Waals surface area contributed by atoms with E-state index in [2.05, 4.69) is 0 Å². The molecule has 1 fully saturated rings. The summed E-state index contributed by atoms with van der Waals surface area (Å²) in [6.07, 6.45) is -0.166. The molecule has 0 unspecified atom stereocenters. The molecule has 0 atom stereocenters. The number of rotatable bonds is 1. The first-order chi connectivity index (χ1) is 10.5. The number of hydrogen-bond acceptors (Lipinski definition) is 3. The minimum atomic E-state index is -1.37. The van der Waals surface area contributed by atoms with Crippen molar-refractivity contribution in [2.75, 3.05) is 0 Å². The Kier molecular flexibility index (Phi) is 3.32. The molecule has 1 aromatic carbocycles. The molecular formula is C15H16BF2NO4. The van der Waals surface area contributed by atoms with Crippen LogP contribution in [0.3, 0.4) is 0 Å². The van der Waals surface area contributed by atoms with Crippen LogP contribution in [0.5, 0.6) is 0 Å². The van der Waals surface area contributed by atoms with E-state index in [0.29, 0.717) is 10.6 Å². The summed E-state index contributed by atoms with van der Waals surface area (Å²) < 4.78 is 40.1. The van der Waals surface area contributed by atoms with E-state index in [1.807, 2.05) is 27.7 Å². The monoisotopic (exact) mass is 323 g/mol. The molecule has 0 spiro atoms. The molecule has 23 heavy (non-hydrogen) atoms. The zero-order chi connectivity index (χ0) is 17.2. The number of hydrogen-bond donors (Lipinski definition) is 1. The Hall–Kier alpha value is -1.93. The van der Waals surface area contributed by atoms with E-state index >= 15 is 0 Å². The molecule has 0 aliphatic carbocycles. The van der Waals surface area contributed by atoms with E-state index in [1.54, 1.807) is 0 Å². The van der Waals surface area contributed by atoms with Gasteiger partial charge >= 0.3 is 13.2 Å². The fourth-order valence-corrected chi connectivity index (χ4v) is 2.61. The van der Waals surface area contributed by atoms with E-state index < -0.39 is 36.0 Å². The van der Waals surface area contributed by atoms with Gasteiger partial charge in [0.05, 0.1) is 16.7 Å². The predicted molar refractivity (Wildman–Crippen MR) is 81.0 cm³/mol. The molecule has 0 radical (unpaired) electrons. The van der Waals surface area contributed by atoms with Crippen LogP contribution in [0.25, 0.3) is 10.9 Å². The van der Waals surface area contributed by atoms with Crippen LogP contribution in [0, 0.1) is 11.6 Å². The highest BCUT2D eigenvalue weighted by Gasteiger charge is 2.52. The van der Waals surface area contributed by atoms with Crippen LogP contribution >= 0.6 is 0 Å². The number of halogens is 2. The average Bonchev–Trinajstić information content (AvgIpc) is 2.85. The number of carboxylic acid groups (broad SMARTS) is 1. The van der Waals surface area contributed by atoms with E-state index in [9.17, 15) is 18.7 Å². The average molecular weight is 323 g/mol. The maximum Gasteiger partial charge on any atom is 0.497 e. The van der Waals surface area contributed by atoms with Crippen LogP contribution in [0.2, 0.25) is 0 Å². The highest BCUT2D eigenvalue weighted by atomic mass is 19.1. The molecular weight excluding hydrogens is 307 g/mol. The maximum atomic E-state index is 14.1. The van der Waals surface area contributed by atoms with E-state index in [-0.39, 0.29) is 16.4 Å². The van der Waals surface area contributed by atoms with Gasteiger partial charge in [0.1, 0.15) is 5.82 Å². The van der Waals surface area contributed by atoms with Crippen molar-refractivity contribution >= 4 is 29.6 Å². The van der Waals surface area contributed by atoms with E-state index in [4.69, 9.17) is 9.31 Å². The Morgan fingerprint density at radius 2 is 1.74 bits per heavy atom. The largest absolute Gasteiger partial charge is 0.497 e. The van der Waals surface area contributed by atoms with E-state index in [0.717, 1.165) is 6.07 Å². The molecule has 2 aromatic rings. The number of carbonyl (C=O) groups is 1. The highest BCUT2D eigenvalue weighted by molar-refractivity contribution is 6.65. The number of fused-ring (bicyclic) bond motifs is 1. The van der Waals surface area contributed by atoms with Gasteiger partial charge in [-0.05, 0) is 33.8 Å². The lowest BCUT2D eigenvalue weighted by Crippen LogP contribution is -2.41. The Bertz CT molecular complexity index is 799. The second-order valence-corrected chi connectivity index (χ2v) is 6.61. The molecule has 8 heteroatoms. The van der Waals surface area contributed by atoms with Crippen molar-refractivity contribution in [3.63, 3.8) is 0 Å². The minimum Gasteiger partial charge on any atom is -0.464 e. The topological polar surface area (TPSA) is 60.7 Å². The molecule has 2 heterocycles. The van der Waals surface area contributed by atoms with Crippen LogP contribution in [-0.2, 0) is 9.31 Å². The Morgan fingerprint density at radius 3 is 2.26 bits per heavy atom. The van der Waals surface area contributed by atoms with E-state index in [1.165, 1.54) is 6.20 Å². The van der Waals surface area contributed by atoms with Crippen LogP contribution < -0.4 is 5.46 Å². The maximum absolute atomic E-state index is 14.1. The summed E-state index contributed by atoms with van der Waals surface area (Å²) in [5.74, 6) is -1.75. The van der Waals surface area contributed by atoms with Crippen LogP contribution in [0.4, 0.5) is 13.6 Å². The SMILES string of the molecule is CC1(C)OB(c2cn(C(=O)O)c3c(F)cc(F)cc23)OC1(C)C. The van der Waals surface area contributed by atoms with Crippen molar-refractivity contribution in [2.24, 2.45) is 0 Å². The van der Waals surface area contributed by atoms with Gasteiger partial charge in [-0.15, -0.1) is 0 Å². The number of nitrogens with zero attached hydrogens (tertiary/aromatic N) is 1. The molecule has 1 saturated heterocycles. The first-order valence-electron chi connectivity index (χ1n) is 7.12. The van der Waals surface area contributed by atoms with Crippen molar-refractivity contribution in [1.29, 1.82) is 0 Å². The molecule has 122 valence electrons. The molecule has 1 aliphatic heterocycles. The van der Waals surface area contributed by atoms with Crippen LogP contribution in [0.1, 0.15) is 27.7 Å². The summed E-state index contributed by atoms with van der Waals surface area (Å²) >= 11 is 0. The van der Waals surface area contributed by atoms with Gasteiger partial charge in [0, 0.05) is 23.1 Å². The zero-order valence-corrected chi connectivity index (χ0v) is 13.2. The molecule has 1 aromatic heterocycles. The lowest BCUT2D eigenvalue weighted by Gasteiger charge is -2.32. The van der Waals surface area contributed by atoms with Gasteiger partial charge in [-0.2, -0.15) is 0 Å². The lowest BCUT2D eigenvalue weighted by molar-refractivity contribution is 0.00578. The number of benzene rings is 1. The lowest BCUT2D eigenvalue weighted by atomic mass is 9.79. The van der Waals surface area contributed by atoms with Gasteiger partial charge in [0.15, 0.2) is 5.82 Å². The summed E-state index contributed by atoms with van der Waals surface area (Å²) in [5.41, 5.74) is -1.24. The van der Waals surface area contributed by atoms with Gasteiger partial charge in [0.25, 0.3) is 0 Å². The molecule has 1 aliphatic rings. The summed E-state index contributed by atoms with van der Waals surface area (Å²) in [6, 6.07) is 1.73. The third-order valence-corrected chi connectivity index (χ3v) is 4.56. The van der Waals surface area contributed by atoms with Crippen molar-refractivity contribution in [3.05, 3.63) is 30.0 Å². The second-order valence-electron chi connectivity index (χ2n) is 6.61. The molecule has 0 amide bonds. The Balaban J connectivity index is 2.22. The van der Waals surface area contributed by atoms with Gasteiger partial charge in [-0.3, -0.25) is 4.57 Å². The predicted octanol–water partition coefficient (Wildman–Crippen LogP) is 2.74. The molecule has 5 nitrogen and oxygen atoms in total. The zero-order valence-electron chi connectivity index (χ0n) is 13.2. The third kappa shape index (κ3) is 2.33. The summed E-state index contributed by atoms with van der Waals surface area (Å²) in [4.78, 5) is 11.4. The second kappa shape index (κ2) is 4.78. The fourth-order valence-electron chi connectivity index (χ4n) is 2.61. The minimum absolute atomic E-state index is 0.114. The summed E-state index contributed by atoms with van der Waals surface area (Å²) in [6.45, 7) is 7.35. The van der Waals surface area contributed by atoms with Crippen LogP contribution in [0.15, 0.2) is 18.3 Å². The highest BCUT2D eigenvalue weighted by Crippen LogP contribution is 2.37. The van der Waals surface area contributed by atoms with Gasteiger partial charge in [-0.1, -0.05) is 0 Å². The fraction of sp³-hybridized carbons (Fsp3) is 0.400. The van der Waals surface area contributed by atoms with Crippen LogP contribution in [-0.4, -0.2) is 34.1 Å². The van der Waals surface area contributed by atoms with Crippen molar-refractivity contribution in [1.82, 2.24) is 4.57 Å².